The minimum absolute atomic E-state index is 0.0149. The van der Waals surface area contributed by atoms with Crippen LogP contribution in [0.1, 0.15) is 30.5 Å². The van der Waals surface area contributed by atoms with E-state index < -0.39 is 0 Å². The van der Waals surface area contributed by atoms with Crippen LogP contribution in [-0.2, 0) is 13.1 Å². The molecule has 0 aliphatic rings. The maximum Gasteiger partial charge on any atom is 0.272 e. The molecule has 0 radical (unpaired) electrons. The lowest BCUT2D eigenvalue weighted by Gasteiger charge is -2.33. The Kier molecular flexibility index (Phi) is 6.67. The van der Waals surface area contributed by atoms with Gasteiger partial charge in [0.15, 0.2) is 0 Å². The molecule has 0 aromatic heterocycles. The highest BCUT2D eigenvalue weighted by Crippen LogP contribution is 2.25. The van der Waals surface area contributed by atoms with Crippen LogP contribution in [0.3, 0.4) is 0 Å². The van der Waals surface area contributed by atoms with Gasteiger partial charge in [-0.05, 0) is 24.0 Å². The first-order chi connectivity index (χ1) is 11.9. The molecule has 0 fully saturated rings. The van der Waals surface area contributed by atoms with E-state index >= 15 is 0 Å². The van der Waals surface area contributed by atoms with E-state index in [1.54, 1.807) is 13.0 Å². The second kappa shape index (κ2) is 8.74. The first-order valence-electron chi connectivity index (χ1n) is 8.55. The Morgan fingerprint density at radius 2 is 1.76 bits per heavy atom. The van der Waals surface area contributed by atoms with Crippen molar-refractivity contribution in [3.8, 4) is 0 Å². The summed E-state index contributed by atoms with van der Waals surface area (Å²) in [5, 5.41) is 21.1. The van der Waals surface area contributed by atoms with Gasteiger partial charge in [0, 0.05) is 30.8 Å². The van der Waals surface area contributed by atoms with Gasteiger partial charge in [-0.3, -0.25) is 15.0 Å². The van der Waals surface area contributed by atoms with Gasteiger partial charge in [0.1, 0.15) is 0 Å². The van der Waals surface area contributed by atoms with Gasteiger partial charge in [-0.15, -0.1) is 0 Å². The number of nitro benzene ring substituents is 1. The molecule has 134 valence electrons. The third-order valence-electron chi connectivity index (χ3n) is 4.64. The van der Waals surface area contributed by atoms with Gasteiger partial charge in [-0.25, -0.2) is 0 Å². The van der Waals surface area contributed by atoms with Gasteiger partial charge < -0.3 is 5.11 Å². The van der Waals surface area contributed by atoms with E-state index in [9.17, 15) is 15.2 Å². The average Bonchev–Trinajstić information content (AvgIpc) is 2.57. The molecule has 0 bridgehead atoms. The van der Waals surface area contributed by atoms with Crippen LogP contribution in [0.15, 0.2) is 48.5 Å². The predicted octanol–water partition coefficient (Wildman–Crippen LogP) is 3.92. The van der Waals surface area contributed by atoms with Crippen LogP contribution < -0.4 is 0 Å². The number of aliphatic hydroxyl groups excluding tert-OH is 1. The average molecular weight is 342 g/mol. The van der Waals surface area contributed by atoms with Crippen molar-refractivity contribution < 1.29 is 10.0 Å². The fraction of sp³-hybridized carbons (Fsp3) is 0.400. The minimum atomic E-state index is -0.341. The van der Waals surface area contributed by atoms with Gasteiger partial charge in [0.2, 0.25) is 0 Å². The molecular weight excluding hydrogens is 316 g/mol. The van der Waals surface area contributed by atoms with Crippen molar-refractivity contribution in [2.24, 2.45) is 5.92 Å². The van der Waals surface area contributed by atoms with Crippen molar-refractivity contribution >= 4 is 5.69 Å². The predicted molar refractivity (Wildman–Crippen MR) is 99.2 cm³/mol. The highest BCUT2D eigenvalue weighted by molar-refractivity contribution is 5.44. The lowest BCUT2D eigenvalue weighted by molar-refractivity contribution is -0.385. The van der Waals surface area contributed by atoms with Crippen molar-refractivity contribution in [2.45, 2.75) is 39.9 Å². The standard InChI is InChI=1S/C20H26N2O3/c1-15(2)20(14-23)21(12-17-8-5-4-6-9-17)13-18-10-7-11-19(16(18)3)22(24)25/h4-11,15,20,23H,12-14H2,1-3H3. The van der Waals surface area contributed by atoms with Gasteiger partial charge >= 0.3 is 0 Å². The molecule has 1 unspecified atom stereocenters. The number of rotatable bonds is 8. The molecule has 0 heterocycles. The molecule has 0 spiro atoms. The summed E-state index contributed by atoms with van der Waals surface area (Å²) in [5.74, 6) is 0.271. The van der Waals surface area contributed by atoms with Crippen LogP contribution in [0, 0.1) is 23.0 Å². The van der Waals surface area contributed by atoms with Crippen LogP contribution in [0.5, 0.6) is 0 Å². The number of aliphatic hydroxyl groups is 1. The summed E-state index contributed by atoms with van der Waals surface area (Å²) in [6, 6.07) is 15.3. The Morgan fingerprint density at radius 3 is 2.32 bits per heavy atom. The van der Waals surface area contributed by atoms with E-state index in [0.717, 1.165) is 11.1 Å². The molecule has 0 saturated carbocycles. The zero-order valence-electron chi connectivity index (χ0n) is 15.1. The van der Waals surface area contributed by atoms with Crippen LogP contribution in [-0.4, -0.2) is 27.6 Å². The number of hydrogen-bond acceptors (Lipinski definition) is 4. The fourth-order valence-electron chi connectivity index (χ4n) is 3.11. The number of hydrogen-bond donors (Lipinski definition) is 1. The van der Waals surface area contributed by atoms with Crippen molar-refractivity contribution in [1.82, 2.24) is 4.90 Å². The van der Waals surface area contributed by atoms with Crippen molar-refractivity contribution in [3.63, 3.8) is 0 Å². The molecule has 1 N–H and O–H groups in total. The van der Waals surface area contributed by atoms with E-state index in [4.69, 9.17) is 0 Å². The van der Waals surface area contributed by atoms with Crippen LogP contribution in [0.2, 0.25) is 0 Å². The summed E-state index contributed by atoms with van der Waals surface area (Å²) in [6.07, 6.45) is 0. The number of nitro groups is 1. The Balaban J connectivity index is 2.33. The van der Waals surface area contributed by atoms with E-state index in [-0.39, 0.29) is 29.2 Å². The van der Waals surface area contributed by atoms with Gasteiger partial charge in [-0.1, -0.05) is 56.3 Å². The van der Waals surface area contributed by atoms with Crippen LogP contribution >= 0.6 is 0 Å². The SMILES string of the molecule is Cc1c(CN(Cc2ccccc2)C(CO)C(C)C)cccc1[N+](=O)[O-]. The largest absolute Gasteiger partial charge is 0.395 e. The molecule has 5 nitrogen and oxygen atoms in total. The third kappa shape index (κ3) is 4.87. The van der Waals surface area contributed by atoms with E-state index in [2.05, 4.69) is 30.9 Å². The topological polar surface area (TPSA) is 66.6 Å². The van der Waals surface area contributed by atoms with Gasteiger partial charge in [-0.2, -0.15) is 0 Å². The number of nitrogens with zero attached hydrogens (tertiary/aromatic N) is 2. The van der Waals surface area contributed by atoms with E-state index in [0.29, 0.717) is 18.7 Å². The Labute approximate surface area is 149 Å². The van der Waals surface area contributed by atoms with Crippen LogP contribution in [0.4, 0.5) is 5.69 Å². The Morgan fingerprint density at radius 1 is 1.08 bits per heavy atom. The second-order valence-corrected chi connectivity index (χ2v) is 6.70. The highest BCUT2D eigenvalue weighted by Gasteiger charge is 2.23. The summed E-state index contributed by atoms with van der Waals surface area (Å²) in [7, 11) is 0. The molecule has 0 aliphatic carbocycles. The van der Waals surface area contributed by atoms with E-state index in [1.807, 2.05) is 24.3 Å². The molecule has 0 aliphatic heterocycles. The molecule has 0 amide bonds. The molecule has 5 heteroatoms. The smallest absolute Gasteiger partial charge is 0.272 e. The van der Waals surface area contributed by atoms with Crippen LogP contribution in [0.25, 0.3) is 0 Å². The quantitative estimate of drug-likeness (QED) is 0.583. The molecule has 1 atom stereocenters. The van der Waals surface area contributed by atoms with Crippen molar-refractivity contribution in [2.75, 3.05) is 6.61 Å². The molecule has 2 aromatic rings. The maximum absolute atomic E-state index is 11.2. The maximum atomic E-state index is 11.2. The number of benzene rings is 2. The monoisotopic (exact) mass is 342 g/mol. The molecular formula is C20H26N2O3. The van der Waals surface area contributed by atoms with Gasteiger partial charge in [0.05, 0.1) is 11.5 Å². The minimum Gasteiger partial charge on any atom is -0.395 e. The molecule has 2 rings (SSSR count). The summed E-state index contributed by atoms with van der Waals surface area (Å²) in [4.78, 5) is 13.1. The fourth-order valence-corrected chi connectivity index (χ4v) is 3.11. The molecule has 2 aromatic carbocycles. The Bertz CT molecular complexity index is 701. The van der Waals surface area contributed by atoms with E-state index in [1.165, 1.54) is 6.07 Å². The lowest BCUT2D eigenvalue weighted by atomic mass is 9.99. The third-order valence-corrected chi connectivity index (χ3v) is 4.64. The van der Waals surface area contributed by atoms with Gasteiger partial charge in [0.25, 0.3) is 5.69 Å². The Hall–Kier alpha value is -2.24. The summed E-state index contributed by atoms with van der Waals surface area (Å²) >= 11 is 0. The van der Waals surface area contributed by atoms with Crippen molar-refractivity contribution in [3.05, 3.63) is 75.3 Å². The summed E-state index contributed by atoms with van der Waals surface area (Å²) in [6.45, 7) is 7.26. The summed E-state index contributed by atoms with van der Waals surface area (Å²) in [5.41, 5.74) is 2.90. The highest BCUT2D eigenvalue weighted by atomic mass is 16.6. The molecule has 25 heavy (non-hydrogen) atoms. The zero-order valence-corrected chi connectivity index (χ0v) is 15.1. The molecule has 0 saturated heterocycles. The zero-order chi connectivity index (χ0) is 18.4. The normalized spacial score (nSPS) is 12.6. The second-order valence-electron chi connectivity index (χ2n) is 6.70. The lowest BCUT2D eigenvalue weighted by Crippen LogP contribution is -2.40. The first-order valence-corrected chi connectivity index (χ1v) is 8.55. The summed E-state index contributed by atoms with van der Waals surface area (Å²) < 4.78 is 0. The first kappa shape index (κ1) is 19.1. The van der Waals surface area contributed by atoms with Crippen molar-refractivity contribution in [1.29, 1.82) is 0 Å².